The van der Waals surface area contributed by atoms with Crippen LogP contribution < -0.4 is 0 Å². The van der Waals surface area contributed by atoms with Gasteiger partial charge < -0.3 is 25.0 Å². The maximum atomic E-state index is 9.96. The average molecular weight is 276 g/mol. The Morgan fingerprint density at radius 1 is 1.15 bits per heavy atom. The number of nitrogens with zero attached hydrogens (tertiary/aromatic N) is 1. The van der Waals surface area contributed by atoms with Crippen LogP contribution in [0, 0.1) is 0 Å². The Morgan fingerprint density at radius 3 is 2.55 bits per heavy atom. The Bertz CT molecular complexity index is 572. The van der Waals surface area contributed by atoms with Crippen LogP contribution in [0.2, 0.25) is 0 Å². The normalized spacial score (nSPS) is 29.8. The number of H-pyrrole nitrogens is 1. The number of imidazole rings is 1. The molecule has 0 saturated carbocycles. The Morgan fingerprint density at radius 2 is 1.90 bits per heavy atom. The molecule has 6 nitrogen and oxygen atoms in total. The van der Waals surface area contributed by atoms with E-state index < -0.39 is 24.4 Å². The molecular weight excluding hydrogens is 260 g/mol. The Balaban J connectivity index is 1.84. The summed E-state index contributed by atoms with van der Waals surface area (Å²) in [5.41, 5.74) is 1.50. The quantitative estimate of drug-likeness (QED) is 0.643. The van der Waals surface area contributed by atoms with E-state index in [9.17, 15) is 10.2 Å². The van der Waals surface area contributed by atoms with Crippen molar-refractivity contribution in [2.45, 2.75) is 24.4 Å². The third-order valence-corrected chi connectivity index (χ3v) is 3.49. The van der Waals surface area contributed by atoms with E-state index in [4.69, 9.17) is 9.84 Å². The first-order valence-corrected chi connectivity index (χ1v) is 6.43. The van der Waals surface area contributed by atoms with Crippen LogP contribution in [0.15, 0.2) is 36.5 Å². The van der Waals surface area contributed by atoms with Crippen LogP contribution in [0.3, 0.4) is 0 Å². The number of ether oxygens (including phenoxy) is 1. The SMILES string of the molecule is OC[C@H]1O[C@@H](c2cnc(-c3ccccc3)[nH]2)[C@H](O)[C@@H]1O. The summed E-state index contributed by atoms with van der Waals surface area (Å²) in [7, 11) is 0. The van der Waals surface area contributed by atoms with Gasteiger partial charge >= 0.3 is 0 Å². The van der Waals surface area contributed by atoms with E-state index in [1.165, 1.54) is 0 Å². The Hall–Kier alpha value is -1.73. The molecule has 1 saturated heterocycles. The number of benzene rings is 1. The number of aromatic amines is 1. The van der Waals surface area contributed by atoms with Gasteiger partial charge in [-0.2, -0.15) is 0 Å². The number of hydrogen-bond donors (Lipinski definition) is 4. The molecule has 1 aliphatic rings. The standard InChI is InChI=1S/C14H16N2O4/c17-7-10-11(18)12(19)13(20-10)9-6-15-14(16-9)8-4-2-1-3-5-8/h1-6,10-13,17-19H,7H2,(H,15,16)/t10-,11-,12-,13+/m1/s1. The number of nitrogens with one attached hydrogen (secondary N) is 1. The summed E-state index contributed by atoms with van der Waals surface area (Å²) in [6.45, 7) is -0.339. The zero-order valence-corrected chi connectivity index (χ0v) is 10.7. The van der Waals surface area contributed by atoms with Crippen molar-refractivity contribution in [3.8, 4) is 11.4 Å². The van der Waals surface area contributed by atoms with Gasteiger partial charge in [0.25, 0.3) is 0 Å². The lowest BCUT2D eigenvalue weighted by molar-refractivity contribution is -0.0238. The highest BCUT2D eigenvalue weighted by molar-refractivity contribution is 5.54. The molecule has 0 spiro atoms. The molecule has 6 heteroatoms. The molecule has 0 aliphatic carbocycles. The van der Waals surface area contributed by atoms with Gasteiger partial charge in [0.05, 0.1) is 18.5 Å². The fourth-order valence-electron chi connectivity index (χ4n) is 2.38. The predicted octanol–water partition coefficient (Wildman–Crippen LogP) is 0.231. The molecule has 0 unspecified atom stereocenters. The zero-order chi connectivity index (χ0) is 14.1. The highest BCUT2D eigenvalue weighted by atomic mass is 16.6. The number of aromatic nitrogens is 2. The van der Waals surface area contributed by atoms with Crippen LogP contribution in [0.1, 0.15) is 11.8 Å². The fourth-order valence-corrected chi connectivity index (χ4v) is 2.38. The molecule has 3 rings (SSSR count). The van der Waals surface area contributed by atoms with Crippen LogP contribution in [-0.4, -0.2) is 50.2 Å². The van der Waals surface area contributed by atoms with E-state index in [1.54, 1.807) is 6.20 Å². The molecule has 2 aromatic rings. The average Bonchev–Trinajstić information content (AvgIpc) is 3.07. The van der Waals surface area contributed by atoms with E-state index in [-0.39, 0.29) is 6.61 Å². The minimum atomic E-state index is -1.10. The predicted molar refractivity (Wildman–Crippen MR) is 70.7 cm³/mol. The highest BCUT2D eigenvalue weighted by Gasteiger charge is 2.43. The van der Waals surface area contributed by atoms with Crippen molar-refractivity contribution in [1.82, 2.24) is 9.97 Å². The largest absolute Gasteiger partial charge is 0.394 e. The lowest BCUT2D eigenvalue weighted by Gasteiger charge is -2.12. The fraction of sp³-hybridized carbons (Fsp3) is 0.357. The molecular formula is C14H16N2O4. The number of aliphatic hydroxyl groups excluding tert-OH is 3. The van der Waals surface area contributed by atoms with E-state index in [2.05, 4.69) is 9.97 Å². The van der Waals surface area contributed by atoms with Gasteiger partial charge in [0, 0.05) is 5.56 Å². The first kappa shape index (κ1) is 13.3. The molecule has 1 aromatic carbocycles. The lowest BCUT2D eigenvalue weighted by Crippen LogP contribution is -2.32. The van der Waals surface area contributed by atoms with E-state index in [0.717, 1.165) is 5.56 Å². The van der Waals surface area contributed by atoms with Gasteiger partial charge in [-0.25, -0.2) is 4.98 Å². The number of aliphatic hydroxyl groups is 3. The molecule has 1 fully saturated rings. The summed E-state index contributed by atoms with van der Waals surface area (Å²) in [5.74, 6) is 0.665. The maximum Gasteiger partial charge on any atom is 0.137 e. The topological polar surface area (TPSA) is 98.6 Å². The van der Waals surface area contributed by atoms with Crippen LogP contribution in [0.5, 0.6) is 0 Å². The van der Waals surface area contributed by atoms with Crippen molar-refractivity contribution in [3.05, 3.63) is 42.2 Å². The lowest BCUT2D eigenvalue weighted by atomic mass is 10.1. The summed E-state index contributed by atoms with van der Waals surface area (Å²) in [6.07, 6.45) is -2.11. The van der Waals surface area contributed by atoms with Gasteiger partial charge in [-0.05, 0) is 0 Å². The van der Waals surface area contributed by atoms with Crippen molar-refractivity contribution >= 4 is 0 Å². The van der Waals surface area contributed by atoms with Crippen LogP contribution in [-0.2, 0) is 4.74 Å². The molecule has 4 N–H and O–H groups in total. The summed E-state index contributed by atoms with van der Waals surface area (Å²) >= 11 is 0. The molecule has 0 amide bonds. The van der Waals surface area contributed by atoms with Gasteiger partial charge in [0.2, 0.25) is 0 Å². The molecule has 2 heterocycles. The highest BCUT2D eigenvalue weighted by Crippen LogP contribution is 2.33. The molecule has 20 heavy (non-hydrogen) atoms. The second kappa shape index (κ2) is 5.34. The molecule has 4 atom stereocenters. The summed E-state index contributed by atoms with van der Waals surface area (Å²) in [5, 5.41) is 28.8. The zero-order valence-electron chi connectivity index (χ0n) is 10.7. The summed E-state index contributed by atoms with van der Waals surface area (Å²) in [4.78, 5) is 7.33. The number of hydrogen-bond acceptors (Lipinski definition) is 5. The van der Waals surface area contributed by atoms with Crippen molar-refractivity contribution in [2.75, 3.05) is 6.61 Å². The van der Waals surface area contributed by atoms with E-state index in [1.807, 2.05) is 30.3 Å². The number of rotatable bonds is 3. The summed E-state index contributed by atoms with van der Waals surface area (Å²) < 4.78 is 5.45. The van der Waals surface area contributed by atoms with E-state index in [0.29, 0.717) is 11.5 Å². The Kier molecular flexibility index (Phi) is 3.54. The van der Waals surface area contributed by atoms with Gasteiger partial charge in [-0.1, -0.05) is 30.3 Å². The Labute approximate surface area is 115 Å². The molecule has 1 aromatic heterocycles. The van der Waals surface area contributed by atoms with Gasteiger partial charge in [0.1, 0.15) is 30.2 Å². The maximum absolute atomic E-state index is 9.96. The van der Waals surface area contributed by atoms with Crippen molar-refractivity contribution in [1.29, 1.82) is 0 Å². The minimum Gasteiger partial charge on any atom is -0.394 e. The van der Waals surface area contributed by atoms with Gasteiger partial charge in [-0.3, -0.25) is 0 Å². The van der Waals surface area contributed by atoms with Gasteiger partial charge in [0.15, 0.2) is 0 Å². The van der Waals surface area contributed by atoms with Crippen LogP contribution >= 0.6 is 0 Å². The van der Waals surface area contributed by atoms with Crippen molar-refractivity contribution < 1.29 is 20.1 Å². The van der Waals surface area contributed by atoms with Crippen molar-refractivity contribution in [2.24, 2.45) is 0 Å². The molecule has 0 radical (unpaired) electrons. The third-order valence-electron chi connectivity index (χ3n) is 3.49. The van der Waals surface area contributed by atoms with E-state index >= 15 is 0 Å². The van der Waals surface area contributed by atoms with Crippen LogP contribution in [0.25, 0.3) is 11.4 Å². The summed E-state index contributed by atoms with van der Waals surface area (Å²) in [6, 6.07) is 9.56. The first-order chi connectivity index (χ1) is 9.70. The van der Waals surface area contributed by atoms with Crippen LogP contribution in [0.4, 0.5) is 0 Å². The third kappa shape index (κ3) is 2.23. The molecule has 1 aliphatic heterocycles. The minimum absolute atomic E-state index is 0.339. The van der Waals surface area contributed by atoms with Crippen molar-refractivity contribution in [3.63, 3.8) is 0 Å². The van der Waals surface area contributed by atoms with Gasteiger partial charge in [-0.15, -0.1) is 0 Å². The monoisotopic (exact) mass is 276 g/mol. The second-order valence-corrected chi connectivity index (χ2v) is 4.81. The smallest absolute Gasteiger partial charge is 0.137 e. The molecule has 0 bridgehead atoms. The molecule has 106 valence electrons. The second-order valence-electron chi connectivity index (χ2n) is 4.81. The first-order valence-electron chi connectivity index (χ1n) is 6.43.